The first-order valence-electron chi connectivity index (χ1n) is 6.38. The number of anilines is 1. The molecule has 0 radical (unpaired) electrons. The standard InChI is InChI=1S/C14H20N2O2/c1-10-9-11-5-3-4-6-13(11)16(10)8-7-12(15-2)14(17)18/h3-6,10,12,15H,7-9H2,1-2H3,(H,17,18). The van der Waals surface area contributed by atoms with Gasteiger partial charge in [-0.05, 0) is 38.4 Å². The second-order valence-corrected chi connectivity index (χ2v) is 4.84. The molecule has 1 aliphatic rings. The topological polar surface area (TPSA) is 52.6 Å². The van der Waals surface area contributed by atoms with Crippen LogP contribution in [0.3, 0.4) is 0 Å². The molecular formula is C14H20N2O2. The molecule has 1 heterocycles. The van der Waals surface area contributed by atoms with Crippen LogP contribution in [0.15, 0.2) is 24.3 Å². The molecule has 0 amide bonds. The number of carboxylic acids is 1. The van der Waals surface area contributed by atoms with Gasteiger partial charge in [0.1, 0.15) is 6.04 Å². The fourth-order valence-electron chi connectivity index (χ4n) is 2.63. The van der Waals surface area contributed by atoms with E-state index in [1.54, 1.807) is 7.05 Å². The van der Waals surface area contributed by atoms with Crippen LogP contribution in [0.5, 0.6) is 0 Å². The number of likely N-dealkylation sites (N-methyl/N-ethyl adjacent to an activating group) is 1. The number of fused-ring (bicyclic) bond motifs is 1. The Kier molecular flexibility index (Phi) is 3.87. The minimum absolute atomic E-state index is 0.453. The first-order valence-corrected chi connectivity index (χ1v) is 6.38. The lowest BCUT2D eigenvalue weighted by molar-refractivity contribution is -0.139. The van der Waals surface area contributed by atoms with Gasteiger partial charge in [-0.25, -0.2) is 0 Å². The molecule has 0 spiro atoms. The number of carboxylic acid groups (broad SMARTS) is 1. The lowest BCUT2D eigenvalue weighted by Crippen LogP contribution is -2.39. The van der Waals surface area contributed by atoms with Crippen molar-refractivity contribution in [1.29, 1.82) is 0 Å². The SMILES string of the molecule is CNC(CCN1c2ccccc2CC1C)C(=O)O. The van der Waals surface area contributed by atoms with Crippen molar-refractivity contribution in [3.8, 4) is 0 Å². The van der Waals surface area contributed by atoms with Gasteiger partial charge in [0.15, 0.2) is 0 Å². The summed E-state index contributed by atoms with van der Waals surface area (Å²) in [5.74, 6) is -0.780. The number of benzene rings is 1. The third kappa shape index (κ3) is 2.48. The zero-order valence-corrected chi connectivity index (χ0v) is 10.9. The molecule has 0 aliphatic carbocycles. The van der Waals surface area contributed by atoms with Crippen LogP contribution < -0.4 is 10.2 Å². The summed E-state index contributed by atoms with van der Waals surface area (Å²) in [6, 6.07) is 8.35. The monoisotopic (exact) mass is 248 g/mol. The smallest absolute Gasteiger partial charge is 0.320 e. The first-order chi connectivity index (χ1) is 8.63. The third-order valence-corrected chi connectivity index (χ3v) is 3.65. The van der Waals surface area contributed by atoms with Gasteiger partial charge in [0.25, 0.3) is 0 Å². The fraction of sp³-hybridized carbons (Fsp3) is 0.500. The number of hydrogen-bond acceptors (Lipinski definition) is 3. The Hall–Kier alpha value is -1.55. The van der Waals surface area contributed by atoms with Crippen molar-refractivity contribution >= 4 is 11.7 Å². The van der Waals surface area contributed by atoms with Gasteiger partial charge in [-0.2, -0.15) is 0 Å². The van der Waals surface area contributed by atoms with E-state index in [1.165, 1.54) is 11.3 Å². The molecule has 0 fully saturated rings. The van der Waals surface area contributed by atoms with Gasteiger partial charge >= 0.3 is 5.97 Å². The Morgan fingerprint density at radius 2 is 2.28 bits per heavy atom. The number of aliphatic carboxylic acids is 1. The van der Waals surface area contributed by atoms with Gasteiger partial charge in [-0.15, -0.1) is 0 Å². The van der Waals surface area contributed by atoms with Crippen LogP contribution in [-0.4, -0.2) is 36.8 Å². The van der Waals surface area contributed by atoms with Crippen LogP contribution in [0.2, 0.25) is 0 Å². The van der Waals surface area contributed by atoms with Gasteiger partial charge in [0, 0.05) is 18.3 Å². The quantitative estimate of drug-likeness (QED) is 0.829. The molecule has 1 aromatic carbocycles. The molecule has 4 nitrogen and oxygen atoms in total. The van der Waals surface area contributed by atoms with Crippen molar-refractivity contribution in [2.75, 3.05) is 18.5 Å². The van der Waals surface area contributed by atoms with Crippen molar-refractivity contribution in [3.05, 3.63) is 29.8 Å². The summed E-state index contributed by atoms with van der Waals surface area (Å²) in [5.41, 5.74) is 2.62. The molecule has 0 bridgehead atoms. The fourth-order valence-corrected chi connectivity index (χ4v) is 2.63. The van der Waals surface area contributed by atoms with Crippen molar-refractivity contribution < 1.29 is 9.90 Å². The summed E-state index contributed by atoms with van der Waals surface area (Å²) in [4.78, 5) is 13.3. The predicted octanol–water partition coefficient (Wildman–Crippen LogP) is 1.50. The maximum atomic E-state index is 11.0. The second kappa shape index (κ2) is 5.40. The van der Waals surface area contributed by atoms with Crippen molar-refractivity contribution in [2.24, 2.45) is 0 Å². The summed E-state index contributed by atoms with van der Waals surface area (Å²) in [6.07, 6.45) is 1.66. The van der Waals surface area contributed by atoms with Gasteiger partial charge in [-0.1, -0.05) is 18.2 Å². The van der Waals surface area contributed by atoms with Crippen LogP contribution in [-0.2, 0) is 11.2 Å². The van der Waals surface area contributed by atoms with E-state index < -0.39 is 12.0 Å². The van der Waals surface area contributed by atoms with Crippen LogP contribution in [0.4, 0.5) is 5.69 Å². The maximum Gasteiger partial charge on any atom is 0.320 e. The summed E-state index contributed by atoms with van der Waals surface area (Å²) >= 11 is 0. The minimum Gasteiger partial charge on any atom is -0.480 e. The molecule has 1 aliphatic heterocycles. The van der Waals surface area contributed by atoms with E-state index in [4.69, 9.17) is 5.11 Å². The number of nitrogens with zero attached hydrogens (tertiary/aromatic N) is 1. The Labute approximate surface area is 108 Å². The van der Waals surface area contributed by atoms with Gasteiger partial charge in [0.05, 0.1) is 0 Å². The number of hydrogen-bond donors (Lipinski definition) is 2. The Bertz CT molecular complexity index is 434. The van der Waals surface area contributed by atoms with E-state index >= 15 is 0 Å². The molecule has 1 aromatic rings. The molecule has 0 saturated heterocycles. The van der Waals surface area contributed by atoms with E-state index in [-0.39, 0.29) is 0 Å². The van der Waals surface area contributed by atoms with Crippen molar-refractivity contribution in [1.82, 2.24) is 5.32 Å². The second-order valence-electron chi connectivity index (χ2n) is 4.84. The average molecular weight is 248 g/mol. The van der Waals surface area contributed by atoms with Gasteiger partial charge < -0.3 is 15.3 Å². The molecule has 2 unspecified atom stereocenters. The number of nitrogens with one attached hydrogen (secondary N) is 1. The summed E-state index contributed by atoms with van der Waals surface area (Å²) in [7, 11) is 1.69. The van der Waals surface area contributed by atoms with E-state index in [0.29, 0.717) is 12.5 Å². The van der Waals surface area contributed by atoms with Crippen LogP contribution in [0.1, 0.15) is 18.9 Å². The largest absolute Gasteiger partial charge is 0.480 e. The molecule has 4 heteroatoms. The van der Waals surface area contributed by atoms with Crippen LogP contribution >= 0.6 is 0 Å². The summed E-state index contributed by atoms with van der Waals surface area (Å²) in [5, 5.41) is 11.9. The first kappa shape index (κ1) is 12.9. The molecule has 0 aromatic heterocycles. The zero-order chi connectivity index (χ0) is 13.1. The van der Waals surface area contributed by atoms with Crippen LogP contribution in [0.25, 0.3) is 0 Å². The van der Waals surface area contributed by atoms with Gasteiger partial charge in [-0.3, -0.25) is 4.79 Å². The number of rotatable bonds is 5. The highest BCUT2D eigenvalue weighted by atomic mass is 16.4. The molecule has 18 heavy (non-hydrogen) atoms. The Balaban J connectivity index is 2.04. The highest BCUT2D eigenvalue weighted by molar-refractivity contribution is 5.73. The highest BCUT2D eigenvalue weighted by Crippen LogP contribution is 2.31. The van der Waals surface area contributed by atoms with E-state index in [2.05, 4.69) is 35.3 Å². The van der Waals surface area contributed by atoms with E-state index in [9.17, 15) is 4.79 Å². The number of carbonyl (C=O) groups is 1. The van der Waals surface area contributed by atoms with Crippen molar-refractivity contribution in [3.63, 3.8) is 0 Å². The Morgan fingerprint density at radius 3 is 2.94 bits per heavy atom. The molecule has 2 atom stereocenters. The highest BCUT2D eigenvalue weighted by Gasteiger charge is 2.26. The normalized spacial score (nSPS) is 19.7. The Morgan fingerprint density at radius 1 is 1.56 bits per heavy atom. The maximum absolute atomic E-state index is 11.0. The third-order valence-electron chi connectivity index (χ3n) is 3.65. The van der Waals surface area contributed by atoms with Gasteiger partial charge in [0.2, 0.25) is 0 Å². The lowest BCUT2D eigenvalue weighted by atomic mass is 10.1. The summed E-state index contributed by atoms with van der Waals surface area (Å²) < 4.78 is 0. The molecule has 2 N–H and O–H groups in total. The predicted molar refractivity (Wildman–Crippen MR) is 72.1 cm³/mol. The average Bonchev–Trinajstić information content (AvgIpc) is 2.66. The van der Waals surface area contributed by atoms with Crippen LogP contribution in [0, 0.1) is 0 Å². The summed E-state index contributed by atoms with van der Waals surface area (Å²) in [6.45, 7) is 2.96. The molecular weight excluding hydrogens is 228 g/mol. The molecule has 0 saturated carbocycles. The van der Waals surface area contributed by atoms with Crippen molar-refractivity contribution in [2.45, 2.75) is 31.8 Å². The van der Waals surface area contributed by atoms with E-state index in [1.807, 2.05) is 6.07 Å². The van der Waals surface area contributed by atoms with E-state index in [0.717, 1.165) is 13.0 Å². The molecule has 98 valence electrons. The molecule has 2 rings (SSSR count). The lowest BCUT2D eigenvalue weighted by Gasteiger charge is -2.26. The number of para-hydroxylation sites is 1. The zero-order valence-electron chi connectivity index (χ0n) is 10.9. The minimum atomic E-state index is -0.780.